The summed E-state index contributed by atoms with van der Waals surface area (Å²) in [5.74, 6) is 1.21. The predicted octanol–water partition coefficient (Wildman–Crippen LogP) is 0.697. The molecule has 0 aromatic carbocycles. The molecule has 0 aliphatic heterocycles. The fourth-order valence-corrected chi connectivity index (χ4v) is 1.28. The Labute approximate surface area is 89.9 Å². The normalized spacial score (nSPS) is 10.7. The van der Waals surface area contributed by atoms with Gasteiger partial charge in [-0.25, -0.2) is 4.68 Å². The second-order valence-corrected chi connectivity index (χ2v) is 3.87. The highest BCUT2D eigenvalue weighted by molar-refractivity contribution is 5.91. The number of likely N-dealkylation sites (N-methyl/N-ethyl adjacent to an activating group) is 1. The summed E-state index contributed by atoms with van der Waals surface area (Å²) in [5, 5.41) is 9.75. The van der Waals surface area contributed by atoms with E-state index in [0.29, 0.717) is 12.5 Å². The molecule has 1 aromatic rings. The van der Waals surface area contributed by atoms with Gasteiger partial charge in [0.15, 0.2) is 0 Å². The van der Waals surface area contributed by atoms with E-state index in [1.54, 1.807) is 24.0 Å². The summed E-state index contributed by atoms with van der Waals surface area (Å²) >= 11 is 0. The highest BCUT2D eigenvalue weighted by Gasteiger charge is 2.07. The van der Waals surface area contributed by atoms with E-state index in [2.05, 4.69) is 29.6 Å². The van der Waals surface area contributed by atoms with Gasteiger partial charge in [0.05, 0.1) is 12.7 Å². The van der Waals surface area contributed by atoms with Crippen molar-refractivity contribution in [2.45, 2.75) is 20.4 Å². The lowest BCUT2D eigenvalue weighted by molar-refractivity contribution is -0.115. The quantitative estimate of drug-likeness (QED) is 0.752. The largest absolute Gasteiger partial charge is 0.311 e. The summed E-state index contributed by atoms with van der Waals surface area (Å²) in [6, 6.07) is 1.80. The summed E-state index contributed by atoms with van der Waals surface area (Å²) in [6.07, 6.45) is 1.69. The van der Waals surface area contributed by atoms with Gasteiger partial charge in [0, 0.05) is 12.6 Å². The Morgan fingerprint density at radius 3 is 2.93 bits per heavy atom. The first-order valence-electron chi connectivity index (χ1n) is 5.09. The van der Waals surface area contributed by atoms with Crippen LogP contribution in [0.1, 0.15) is 13.8 Å². The summed E-state index contributed by atoms with van der Waals surface area (Å²) in [6.45, 7) is 5.34. The molecule has 1 aromatic heterocycles. The Morgan fingerprint density at radius 1 is 1.60 bits per heavy atom. The maximum atomic E-state index is 11.3. The molecule has 2 N–H and O–H groups in total. The van der Waals surface area contributed by atoms with Crippen LogP contribution in [0.15, 0.2) is 12.3 Å². The Bertz CT molecular complexity index is 319. The maximum absolute atomic E-state index is 11.3. The molecule has 0 aliphatic rings. The molecule has 0 bridgehead atoms. The van der Waals surface area contributed by atoms with Gasteiger partial charge in [-0.2, -0.15) is 5.10 Å². The first-order chi connectivity index (χ1) is 7.13. The van der Waals surface area contributed by atoms with Gasteiger partial charge in [-0.1, -0.05) is 13.8 Å². The Hall–Kier alpha value is -1.36. The number of carbonyl (C=O) groups excluding carboxylic acids is 1. The molecule has 0 aliphatic carbocycles. The molecule has 5 heteroatoms. The van der Waals surface area contributed by atoms with Gasteiger partial charge in [0.25, 0.3) is 0 Å². The Morgan fingerprint density at radius 2 is 2.33 bits per heavy atom. The molecule has 1 amide bonds. The summed E-state index contributed by atoms with van der Waals surface area (Å²) < 4.78 is 1.80. The van der Waals surface area contributed by atoms with Crippen LogP contribution in [0.3, 0.4) is 0 Å². The molecular weight excluding hydrogens is 192 g/mol. The van der Waals surface area contributed by atoms with Crippen LogP contribution in [-0.4, -0.2) is 29.3 Å². The molecule has 1 heterocycles. The second kappa shape index (κ2) is 5.50. The predicted molar refractivity (Wildman–Crippen MR) is 59.6 cm³/mol. The third-order valence-corrected chi connectivity index (χ3v) is 1.86. The van der Waals surface area contributed by atoms with Crippen molar-refractivity contribution in [3.05, 3.63) is 12.3 Å². The monoisotopic (exact) mass is 210 g/mol. The maximum Gasteiger partial charge on any atom is 0.239 e. The lowest BCUT2D eigenvalue weighted by atomic mass is 10.2. The molecule has 0 spiro atoms. The van der Waals surface area contributed by atoms with E-state index in [0.717, 1.165) is 12.4 Å². The molecule has 1 rings (SSSR count). The molecule has 5 nitrogen and oxygen atoms in total. The van der Waals surface area contributed by atoms with Crippen LogP contribution in [0, 0.1) is 5.92 Å². The highest BCUT2D eigenvalue weighted by atomic mass is 16.2. The van der Waals surface area contributed by atoms with Crippen molar-refractivity contribution in [3.63, 3.8) is 0 Å². The Balaban J connectivity index is 2.60. The number of aromatic nitrogens is 2. The van der Waals surface area contributed by atoms with Crippen LogP contribution in [0.25, 0.3) is 0 Å². The molecule has 0 atom stereocenters. The molecule has 0 radical (unpaired) electrons. The van der Waals surface area contributed by atoms with Gasteiger partial charge >= 0.3 is 0 Å². The minimum atomic E-state index is -0.0528. The smallest absolute Gasteiger partial charge is 0.239 e. The minimum absolute atomic E-state index is 0.0528. The average Bonchev–Trinajstić information content (AvgIpc) is 2.52. The minimum Gasteiger partial charge on any atom is -0.311 e. The van der Waals surface area contributed by atoms with E-state index < -0.39 is 0 Å². The zero-order chi connectivity index (χ0) is 11.3. The fraction of sp³-hybridized carbons (Fsp3) is 0.600. The topological polar surface area (TPSA) is 59.0 Å². The zero-order valence-electron chi connectivity index (χ0n) is 9.45. The number of nitrogens with one attached hydrogen (secondary N) is 2. The van der Waals surface area contributed by atoms with E-state index in [4.69, 9.17) is 0 Å². The first-order valence-corrected chi connectivity index (χ1v) is 5.09. The lowest BCUT2D eigenvalue weighted by Gasteiger charge is -2.10. The summed E-state index contributed by atoms with van der Waals surface area (Å²) in [4.78, 5) is 11.3. The number of carbonyl (C=O) groups is 1. The van der Waals surface area contributed by atoms with E-state index in [1.165, 1.54) is 0 Å². The molecular formula is C10H18N4O. The van der Waals surface area contributed by atoms with Crippen LogP contribution in [0.4, 0.5) is 5.82 Å². The average molecular weight is 210 g/mol. The van der Waals surface area contributed by atoms with Crippen molar-refractivity contribution in [1.29, 1.82) is 0 Å². The van der Waals surface area contributed by atoms with E-state index in [1.807, 2.05) is 0 Å². The summed E-state index contributed by atoms with van der Waals surface area (Å²) in [7, 11) is 1.74. The fourth-order valence-electron chi connectivity index (χ4n) is 1.28. The molecule has 15 heavy (non-hydrogen) atoms. The van der Waals surface area contributed by atoms with Gasteiger partial charge in [0.2, 0.25) is 5.91 Å². The summed E-state index contributed by atoms with van der Waals surface area (Å²) in [5.41, 5.74) is 0. The standard InChI is InChI=1S/C10H18N4O/c1-8(2)7-14-9(4-5-12-14)13-10(15)6-11-3/h4-5,8,11H,6-7H2,1-3H3,(H,13,15). The second-order valence-electron chi connectivity index (χ2n) is 3.87. The number of anilines is 1. The number of rotatable bonds is 5. The van der Waals surface area contributed by atoms with Crippen LogP contribution >= 0.6 is 0 Å². The van der Waals surface area contributed by atoms with Crippen LogP contribution < -0.4 is 10.6 Å². The number of nitrogens with zero attached hydrogens (tertiary/aromatic N) is 2. The van der Waals surface area contributed by atoms with E-state index in [9.17, 15) is 4.79 Å². The molecule has 0 fully saturated rings. The first kappa shape index (κ1) is 11.7. The van der Waals surface area contributed by atoms with Gasteiger partial charge in [0.1, 0.15) is 5.82 Å². The molecule has 0 saturated heterocycles. The molecule has 0 unspecified atom stereocenters. The van der Waals surface area contributed by atoms with Crippen molar-refractivity contribution < 1.29 is 4.79 Å². The van der Waals surface area contributed by atoms with Crippen LogP contribution in [0.2, 0.25) is 0 Å². The van der Waals surface area contributed by atoms with E-state index in [-0.39, 0.29) is 5.91 Å². The zero-order valence-corrected chi connectivity index (χ0v) is 9.45. The van der Waals surface area contributed by atoms with Crippen molar-refractivity contribution in [2.24, 2.45) is 5.92 Å². The lowest BCUT2D eigenvalue weighted by Crippen LogP contribution is -2.26. The van der Waals surface area contributed by atoms with Crippen molar-refractivity contribution in [3.8, 4) is 0 Å². The van der Waals surface area contributed by atoms with Gasteiger partial charge in [-0.3, -0.25) is 4.79 Å². The van der Waals surface area contributed by atoms with Crippen LogP contribution in [0.5, 0.6) is 0 Å². The van der Waals surface area contributed by atoms with Crippen molar-refractivity contribution in [2.75, 3.05) is 18.9 Å². The third kappa shape index (κ3) is 3.71. The van der Waals surface area contributed by atoms with Crippen molar-refractivity contribution in [1.82, 2.24) is 15.1 Å². The SMILES string of the molecule is CNCC(=O)Nc1ccnn1CC(C)C. The molecule has 0 saturated carbocycles. The van der Waals surface area contributed by atoms with E-state index >= 15 is 0 Å². The number of hydrogen-bond donors (Lipinski definition) is 2. The number of hydrogen-bond acceptors (Lipinski definition) is 3. The number of amides is 1. The molecule has 84 valence electrons. The van der Waals surface area contributed by atoms with Crippen molar-refractivity contribution >= 4 is 11.7 Å². The van der Waals surface area contributed by atoms with Gasteiger partial charge < -0.3 is 10.6 Å². The highest BCUT2D eigenvalue weighted by Crippen LogP contribution is 2.08. The van der Waals surface area contributed by atoms with Gasteiger partial charge in [-0.15, -0.1) is 0 Å². The Kier molecular flexibility index (Phi) is 4.30. The van der Waals surface area contributed by atoms with Gasteiger partial charge in [-0.05, 0) is 13.0 Å². The van der Waals surface area contributed by atoms with Crippen LogP contribution in [-0.2, 0) is 11.3 Å². The third-order valence-electron chi connectivity index (χ3n) is 1.86.